The molecule has 0 spiro atoms. The van der Waals surface area contributed by atoms with E-state index in [0.717, 1.165) is 37.9 Å². The number of nitrogens with zero attached hydrogens (tertiary/aromatic N) is 2. The van der Waals surface area contributed by atoms with E-state index in [4.69, 9.17) is 0 Å². The Bertz CT molecular complexity index is 764. The summed E-state index contributed by atoms with van der Waals surface area (Å²) >= 11 is 0. The number of pyridine rings is 1. The van der Waals surface area contributed by atoms with Crippen molar-refractivity contribution >= 4 is 5.91 Å². The second-order valence-electron chi connectivity index (χ2n) is 7.87. The van der Waals surface area contributed by atoms with Crippen molar-refractivity contribution in [3.05, 3.63) is 65.5 Å². The van der Waals surface area contributed by atoms with Crippen LogP contribution >= 0.6 is 0 Å². The van der Waals surface area contributed by atoms with Crippen LogP contribution in [0.1, 0.15) is 48.4 Å². The van der Waals surface area contributed by atoms with Gasteiger partial charge in [0.25, 0.3) is 0 Å². The predicted molar refractivity (Wildman–Crippen MR) is 103 cm³/mol. The van der Waals surface area contributed by atoms with Crippen molar-refractivity contribution in [1.82, 2.24) is 15.2 Å². The third-order valence-corrected chi connectivity index (χ3v) is 5.62. The minimum atomic E-state index is -0.221. The third kappa shape index (κ3) is 3.80. The van der Waals surface area contributed by atoms with Crippen molar-refractivity contribution in [3.8, 4) is 0 Å². The Morgan fingerprint density at radius 3 is 2.69 bits per heavy atom. The van der Waals surface area contributed by atoms with Crippen LogP contribution in [0.3, 0.4) is 0 Å². The van der Waals surface area contributed by atoms with Crippen LogP contribution in [0.25, 0.3) is 0 Å². The van der Waals surface area contributed by atoms with Gasteiger partial charge < -0.3 is 5.32 Å². The first-order valence-corrected chi connectivity index (χ1v) is 9.67. The SMILES string of the molecule is Cc1cccc(CC2(NC(=O)[C@@H](c3cccnc3)N3CCCC3)CC2)c1. The zero-order valence-electron chi connectivity index (χ0n) is 15.4. The maximum atomic E-state index is 13.3. The van der Waals surface area contributed by atoms with E-state index in [2.05, 4.69) is 46.4 Å². The zero-order chi connectivity index (χ0) is 18.0. The Hall–Kier alpha value is -2.20. The molecule has 1 aliphatic heterocycles. The molecule has 0 bridgehead atoms. The Morgan fingerprint density at radius 1 is 1.23 bits per heavy atom. The molecule has 2 heterocycles. The van der Waals surface area contributed by atoms with Crippen molar-refractivity contribution in [2.45, 2.75) is 50.6 Å². The van der Waals surface area contributed by atoms with Gasteiger partial charge in [-0.2, -0.15) is 0 Å². The van der Waals surface area contributed by atoms with Crippen LogP contribution in [0.2, 0.25) is 0 Å². The topological polar surface area (TPSA) is 45.2 Å². The highest BCUT2D eigenvalue weighted by Crippen LogP contribution is 2.40. The van der Waals surface area contributed by atoms with Gasteiger partial charge >= 0.3 is 0 Å². The molecular formula is C22H27N3O. The number of benzene rings is 1. The second kappa shape index (κ2) is 7.20. The summed E-state index contributed by atoms with van der Waals surface area (Å²) in [5, 5.41) is 3.40. The average molecular weight is 349 g/mol. The average Bonchev–Trinajstić information content (AvgIpc) is 3.16. The normalized spacial score (nSPS) is 19.9. The smallest absolute Gasteiger partial charge is 0.242 e. The lowest BCUT2D eigenvalue weighted by Gasteiger charge is -2.29. The van der Waals surface area contributed by atoms with Crippen LogP contribution < -0.4 is 5.32 Å². The molecule has 4 nitrogen and oxygen atoms in total. The number of aromatic nitrogens is 1. The highest BCUT2D eigenvalue weighted by atomic mass is 16.2. The van der Waals surface area contributed by atoms with Crippen LogP contribution in [-0.4, -0.2) is 34.4 Å². The first-order valence-electron chi connectivity index (χ1n) is 9.67. The fraction of sp³-hybridized carbons (Fsp3) is 0.455. The summed E-state index contributed by atoms with van der Waals surface area (Å²) in [5.74, 6) is 0.130. The number of aryl methyl sites for hydroxylation is 1. The number of likely N-dealkylation sites (tertiary alicyclic amines) is 1. The lowest BCUT2D eigenvalue weighted by Crippen LogP contribution is -2.46. The first kappa shape index (κ1) is 17.2. The summed E-state index contributed by atoms with van der Waals surface area (Å²) in [4.78, 5) is 19.8. The molecule has 1 aliphatic carbocycles. The molecule has 4 heteroatoms. The lowest BCUT2D eigenvalue weighted by atomic mass is 10.0. The maximum absolute atomic E-state index is 13.3. The molecule has 26 heavy (non-hydrogen) atoms. The van der Waals surface area contributed by atoms with Crippen molar-refractivity contribution in [1.29, 1.82) is 0 Å². The number of amides is 1. The van der Waals surface area contributed by atoms with Crippen molar-refractivity contribution in [2.24, 2.45) is 0 Å². The Morgan fingerprint density at radius 2 is 2.04 bits per heavy atom. The molecule has 1 saturated heterocycles. The molecule has 1 aromatic heterocycles. The van der Waals surface area contributed by atoms with Gasteiger partial charge in [0.15, 0.2) is 0 Å². The molecule has 136 valence electrons. The van der Waals surface area contributed by atoms with Crippen molar-refractivity contribution < 1.29 is 4.79 Å². The predicted octanol–water partition coefficient (Wildman–Crippen LogP) is 3.42. The fourth-order valence-corrected chi connectivity index (χ4v) is 4.10. The summed E-state index contributed by atoms with van der Waals surface area (Å²) in [6.07, 6.45) is 8.97. The molecule has 1 aromatic carbocycles. The lowest BCUT2D eigenvalue weighted by molar-refractivity contribution is -0.127. The highest BCUT2D eigenvalue weighted by Gasteiger charge is 2.45. The van der Waals surface area contributed by atoms with E-state index in [0.29, 0.717) is 0 Å². The van der Waals surface area contributed by atoms with Crippen LogP contribution in [0, 0.1) is 6.92 Å². The minimum Gasteiger partial charge on any atom is -0.349 e. The molecule has 4 rings (SSSR count). The number of hydrogen-bond donors (Lipinski definition) is 1. The molecule has 1 amide bonds. The first-order chi connectivity index (χ1) is 12.7. The minimum absolute atomic E-state index is 0.0644. The van der Waals surface area contributed by atoms with E-state index in [9.17, 15) is 4.79 Å². The Kier molecular flexibility index (Phi) is 4.77. The van der Waals surface area contributed by atoms with Gasteiger partial charge in [0.05, 0.1) is 0 Å². The van der Waals surface area contributed by atoms with Crippen molar-refractivity contribution in [2.75, 3.05) is 13.1 Å². The number of nitrogens with one attached hydrogen (secondary N) is 1. The summed E-state index contributed by atoms with van der Waals surface area (Å²) in [6, 6.07) is 12.3. The number of carbonyl (C=O) groups is 1. The number of hydrogen-bond acceptors (Lipinski definition) is 3. The van der Waals surface area contributed by atoms with Crippen LogP contribution in [0.4, 0.5) is 0 Å². The van der Waals surface area contributed by atoms with E-state index >= 15 is 0 Å². The van der Waals surface area contributed by atoms with E-state index in [-0.39, 0.29) is 17.5 Å². The number of carbonyl (C=O) groups excluding carboxylic acids is 1. The quantitative estimate of drug-likeness (QED) is 0.869. The molecule has 0 radical (unpaired) electrons. The van der Waals surface area contributed by atoms with Gasteiger partial charge in [-0.15, -0.1) is 0 Å². The molecular weight excluding hydrogens is 322 g/mol. The van der Waals surface area contributed by atoms with Gasteiger partial charge in [-0.05, 0) is 69.3 Å². The Balaban J connectivity index is 1.51. The zero-order valence-corrected chi connectivity index (χ0v) is 15.4. The molecule has 2 fully saturated rings. The van der Waals surface area contributed by atoms with Crippen LogP contribution in [-0.2, 0) is 11.2 Å². The van der Waals surface area contributed by atoms with Crippen LogP contribution in [0.5, 0.6) is 0 Å². The van der Waals surface area contributed by atoms with Gasteiger partial charge in [-0.25, -0.2) is 0 Å². The maximum Gasteiger partial charge on any atom is 0.242 e. The molecule has 1 saturated carbocycles. The summed E-state index contributed by atoms with van der Waals surface area (Å²) in [5.41, 5.74) is 3.51. The van der Waals surface area contributed by atoms with E-state index in [1.165, 1.54) is 24.0 Å². The molecule has 0 unspecified atom stereocenters. The molecule has 1 atom stereocenters. The molecule has 2 aromatic rings. The van der Waals surface area contributed by atoms with E-state index in [1.54, 1.807) is 6.20 Å². The van der Waals surface area contributed by atoms with E-state index < -0.39 is 0 Å². The number of rotatable bonds is 6. The van der Waals surface area contributed by atoms with E-state index in [1.807, 2.05) is 18.3 Å². The molecule has 2 aliphatic rings. The van der Waals surface area contributed by atoms with Gasteiger partial charge in [-0.1, -0.05) is 35.9 Å². The largest absolute Gasteiger partial charge is 0.349 e. The van der Waals surface area contributed by atoms with Gasteiger partial charge in [0.1, 0.15) is 6.04 Å². The van der Waals surface area contributed by atoms with Gasteiger partial charge in [0.2, 0.25) is 5.91 Å². The second-order valence-corrected chi connectivity index (χ2v) is 7.87. The monoisotopic (exact) mass is 349 g/mol. The summed E-state index contributed by atoms with van der Waals surface area (Å²) < 4.78 is 0. The van der Waals surface area contributed by atoms with Crippen LogP contribution in [0.15, 0.2) is 48.8 Å². The summed E-state index contributed by atoms with van der Waals surface area (Å²) in [7, 11) is 0. The third-order valence-electron chi connectivity index (χ3n) is 5.62. The van der Waals surface area contributed by atoms with Crippen molar-refractivity contribution in [3.63, 3.8) is 0 Å². The fourth-order valence-electron chi connectivity index (χ4n) is 4.10. The van der Waals surface area contributed by atoms with Gasteiger partial charge in [-0.3, -0.25) is 14.7 Å². The van der Waals surface area contributed by atoms with Gasteiger partial charge in [0, 0.05) is 17.9 Å². The Labute approximate surface area is 155 Å². The summed E-state index contributed by atoms with van der Waals surface area (Å²) in [6.45, 7) is 4.09. The standard InChI is InChI=1S/C22H27N3O/c1-17-6-4-7-18(14-17)15-22(9-10-22)24-21(26)20(25-12-2-3-13-25)19-8-5-11-23-16-19/h4-8,11,14,16,20H,2-3,9-10,12-13,15H2,1H3,(H,24,26)/t20-/m1/s1. The molecule has 1 N–H and O–H groups in total. The highest BCUT2D eigenvalue weighted by molar-refractivity contribution is 5.84.